The van der Waals surface area contributed by atoms with Crippen molar-refractivity contribution in [3.63, 3.8) is 0 Å². The zero-order valence-corrected chi connectivity index (χ0v) is 14.9. The molecule has 0 bridgehead atoms. The number of nitrogens with zero attached hydrogens (tertiary/aromatic N) is 2. The van der Waals surface area contributed by atoms with Crippen LogP contribution in [0.2, 0.25) is 0 Å². The number of aromatic nitrogens is 1. The van der Waals surface area contributed by atoms with Gasteiger partial charge in [0.25, 0.3) is 5.91 Å². The Morgan fingerprint density at radius 1 is 1.12 bits per heavy atom. The van der Waals surface area contributed by atoms with Gasteiger partial charge in [-0.2, -0.15) is 0 Å². The number of pyridine rings is 1. The first-order valence-corrected chi connectivity index (χ1v) is 9.37. The van der Waals surface area contributed by atoms with E-state index in [1.54, 1.807) is 12.3 Å². The molecule has 1 fully saturated rings. The molecule has 0 aliphatic heterocycles. The first kappa shape index (κ1) is 17.4. The average molecular weight is 360 g/mol. The fourth-order valence-corrected chi connectivity index (χ4v) is 3.10. The second-order valence-corrected chi connectivity index (χ2v) is 8.27. The van der Waals surface area contributed by atoms with E-state index in [1.165, 1.54) is 51.2 Å². The molecule has 1 heterocycles. The summed E-state index contributed by atoms with van der Waals surface area (Å²) in [7, 11) is -0.582. The standard InChI is InChI=1S/C17H20N4O3S/c1-21(2)25(23,24)15-8-3-12(4-9-15)17(22)20-16-10-7-14(11-18-16)19-13-5-6-13/h3-4,7-11,13,19H,5-6H2,1-2H3,(H,18,20,22). The van der Waals surface area contributed by atoms with Gasteiger partial charge in [-0.3, -0.25) is 4.79 Å². The number of hydrogen-bond acceptors (Lipinski definition) is 5. The Balaban J connectivity index is 1.66. The molecule has 1 amide bonds. The number of anilines is 2. The van der Waals surface area contributed by atoms with Gasteiger partial charge in [-0.15, -0.1) is 0 Å². The minimum Gasteiger partial charge on any atom is -0.381 e. The lowest BCUT2D eigenvalue weighted by Crippen LogP contribution is -2.22. The third kappa shape index (κ3) is 4.15. The quantitative estimate of drug-likeness (QED) is 0.824. The van der Waals surface area contributed by atoms with E-state index in [0.29, 0.717) is 17.4 Å². The van der Waals surface area contributed by atoms with Crippen molar-refractivity contribution >= 4 is 27.4 Å². The summed E-state index contributed by atoms with van der Waals surface area (Å²) in [5.74, 6) is 0.0977. The van der Waals surface area contributed by atoms with Crippen LogP contribution in [0.4, 0.5) is 11.5 Å². The van der Waals surface area contributed by atoms with Crippen molar-refractivity contribution in [1.29, 1.82) is 0 Å². The Hall–Kier alpha value is -2.45. The molecule has 0 radical (unpaired) electrons. The van der Waals surface area contributed by atoms with Crippen molar-refractivity contribution in [2.45, 2.75) is 23.8 Å². The molecule has 3 rings (SSSR count). The Bertz CT molecular complexity index is 858. The zero-order valence-electron chi connectivity index (χ0n) is 14.1. The Labute approximate surface area is 147 Å². The van der Waals surface area contributed by atoms with E-state index in [0.717, 1.165) is 9.99 Å². The molecule has 1 aromatic heterocycles. The van der Waals surface area contributed by atoms with Crippen molar-refractivity contribution in [3.05, 3.63) is 48.2 Å². The van der Waals surface area contributed by atoms with Crippen LogP contribution in [-0.2, 0) is 10.0 Å². The van der Waals surface area contributed by atoms with Crippen molar-refractivity contribution in [1.82, 2.24) is 9.29 Å². The van der Waals surface area contributed by atoms with Crippen LogP contribution < -0.4 is 10.6 Å². The van der Waals surface area contributed by atoms with Crippen molar-refractivity contribution in [2.24, 2.45) is 0 Å². The van der Waals surface area contributed by atoms with E-state index in [-0.39, 0.29) is 10.8 Å². The highest BCUT2D eigenvalue weighted by Crippen LogP contribution is 2.24. The smallest absolute Gasteiger partial charge is 0.256 e. The second kappa shape index (κ2) is 6.81. The summed E-state index contributed by atoms with van der Waals surface area (Å²) in [4.78, 5) is 16.6. The van der Waals surface area contributed by atoms with Crippen molar-refractivity contribution in [2.75, 3.05) is 24.7 Å². The van der Waals surface area contributed by atoms with E-state index in [4.69, 9.17) is 0 Å². The number of carbonyl (C=O) groups excluding carboxylic acids is 1. The largest absolute Gasteiger partial charge is 0.381 e. The van der Waals surface area contributed by atoms with E-state index in [2.05, 4.69) is 15.6 Å². The van der Waals surface area contributed by atoms with E-state index < -0.39 is 10.0 Å². The van der Waals surface area contributed by atoms with Gasteiger partial charge in [0.1, 0.15) is 5.82 Å². The van der Waals surface area contributed by atoms with E-state index in [1.807, 2.05) is 6.07 Å². The maximum Gasteiger partial charge on any atom is 0.256 e. The molecule has 0 spiro atoms. The first-order valence-electron chi connectivity index (χ1n) is 7.93. The third-order valence-electron chi connectivity index (χ3n) is 3.85. The topological polar surface area (TPSA) is 91.4 Å². The molecule has 2 aromatic rings. The van der Waals surface area contributed by atoms with Crippen molar-refractivity contribution < 1.29 is 13.2 Å². The van der Waals surface area contributed by atoms with Crippen LogP contribution in [0.15, 0.2) is 47.5 Å². The summed E-state index contributed by atoms with van der Waals surface area (Å²) >= 11 is 0. The summed E-state index contributed by atoms with van der Waals surface area (Å²) in [6.07, 6.45) is 4.04. The van der Waals surface area contributed by atoms with Gasteiger partial charge < -0.3 is 10.6 Å². The van der Waals surface area contributed by atoms with E-state index >= 15 is 0 Å². The minimum atomic E-state index is -3.51. The van der Waals surface area contributed by atoms with Gasteiger partial charge in [0.05, 0.1) is 16.8 Å². The lowest BCUT2D eigenvalue weighted by atomic mass is 10.2. The number of rotatable bonds is 6. The molecule has 1 aliphatic carbocycles. The highest BCUT2D eigenvalue weighted by Gasteiger charge is 2.21. The van der Waals surface area contributed by atoms with Gasteiger partial charge in [0.2, 0.25) is 10.0 Å². The Morgan fingerprint density at radius 3 is 2.32 bits per heavy atom. The molecular weight excluding hydrogens is 340 g/mol. The number of sulfonamides is 1. The van der Waals surface area contributed by atoms with Gasteiger partial charge in [-0.1, -0.05) is 0 Å². The average Bonchev–Trinajstić information content (AvgIpc) is 3.40. The first-order chi connectivity index (χ1) is 11.9. The molecule has 0 atom stereocenters. The molecular formula is C17H20N4O3S. The highest BCUT2D eigenvalue weighted by molar-refractivity contribution is 7.89. The summed E-state index contributed by atoms with van der Waals surface area (Å²) in [6.45, 7) is 0. The molecule has 8 heteroatoms. The van der Waals surface area contributed by atoms with Gasteiger partial charge in [0.15, 0.2) is 0 Å². The Morgan fingerprint density at radius 2 is 1.80 bits per heavy atom. The molecule has 7 nitrogen and oxygen atoms in total. The number of amides is 1. The number of hydrogen-bond donors (Lipinski definition) is 2. The molecule has 2 N–H and O–H groups in total. The van der Waals surface area contributed by atoms with Crippen LogP contribution >= 0.6 is 0 Å². The third-order valence-corrected chi connectivity index (χ3v) is 5.68. The van der Waals surface area contributed by atoms with Crippen LogP contribution in [0.3, 0.4) is 0 Å². The lowest BCUT2D eigenvalue weighted by molar-refractivity contribution is 0.102. The predicted octanol–water partition coefficient (Wildman–Crippen LogP) is 2.16. The summed E-state index contributed by atoms with van der Waals surface area (Å²) in [5, 5.41) is 6.02. The second-order valence-electron chi connectivity index (χ2n) is 6.12. The van der Waals surface area contributed by atoms with Crippen LogP contribution in [-0.4, -0.2) is 43.8 Å². The van der Waals surface area contributed by atoms with Crippen LogP contribution in [0.5, 0.6) is 0 Å². The van der Waals surface area contributed by atoms with Gasteiger partial charge >= 0.3 is 0 Å². The van der Waals surface area contributed by atoms with Crippen LogP contribution in [0, 0.1) is 0 Å². The van der Waals surface area contributed by atoms with Crippen LogP contribution in [0.25, 0.3) is 0 Å². The molecule has 1 saturated carbocycles. The summed E-state index contributed by atoms with van der Waals surface area (Å²) in [5.41, 5.74) is 1.29. The number of carbonyl (C=O) groups is 1. The van der Waals surface area contributed by atoms with Gasteiger partial charge in [-0.05, 0) is 49.2 Å². The van der Waals surface area contributed by atoms with Crippen molar-refractivity contribution in [3.8, 4) is 0 Å². The highest BCUT2D eigenvalue weighted by atomic mass is 32.2. The maximum absolute atomic E-state index is 12.3. The minimum absolute atomic E-state index is 0.141. The molecule has 0 unspecified atom stereocenters. The predicted molar refractivity (Wildman–Crippen MR) is 96.1 cm³/mol. The van der Waals surface area contributed by atoms with Gasteiger partial charge in [0, 0.05) is 25.7 Å². The molecule has 1 aromatic carbocycles. The maximum atomic E-state index is 12.3. The molecule has 132 valence electrons. The van der Waals surface area contributed by atoms with Gasteiger partial charge in [-0.25, -0.2) is 17.7 Å². The normalized spacial score (nSPS) is 14.4. The number of nitrogens with one attached hydrogen (secondary N) is 2. The SMILES string of the molecule is CN(C)S(=O)(=O)c1ccc(C(=O)Nc2ccc(NC3CC3)cn2)cc1. The fourth-order valence-electron chi connectivity index (χ4n) is 2.19. The lowest BCUT2D eigenvalue weighted by Gasteiger charge is -2.11. The monoisotopic (exact) mass is 360 g/mol. The molecule has 1 aliphatic rings. The molecule has 0 saturated heterocycles. The number of benzene rings is 1. The summed E-state index contributed by atoms with van der Waals surface area (Å²) < 4.78 is 25.2. The van der Waals surface area contributed by atoms with Crippen LogP contribution in [0.1, 0.15) is 23.2 Å². The molecule has 25 heavy (non-hydrogen) atoms. The zero-order chi connectivity index (χ0) is 18.0. The van der Waals surface area contributed by atoms with E-state index in [9.17, 15) is 13.2 Å². The fraction of sp³-hybridized carbons (Fsp3) is 0.294. The Kier molecular flexibility index (Phi) is 4.73. The summed E-state index contributed by atoms with van der Waals surface area (Å²) in [6, 6.07) is 9.94.